The molecule has 182 valence electrons. The second kappa shape index (κ2) is 18.7. The summed E-state index contributed by atoms with van der Waals surface area (Å²) in [5.74, 6) is -1.08. The Morgan fingerprint density at radius 2 is 1.38 bits per heavy atom. The van der Waals surface area contributed by atoms with Gasteiger partial charge in [0.15, 0.2) is 0 Å². The number of ether oxygens (including phenoxy) is 2. The number of carboxylic acid groups (broad SMARTS) is 1. The number of rotatable bonds is 20. The molecule has 0 heterocycles. The molecule has 0 saturated heterocycles. The van der Waals surface area contributed by atoms with Crippen LogP contribution in [0.25, 0.3) is 0 Å². The Labute approximate surface area is 194 Å². The molecule has 32 heavy (non-hydrogen) atoms. The number of esters is 1. The third-order valence-electron chi connectivity index (χ3n) is 5.76. The molecule has 0 aliphatic carbocycles. The third-order valence-corrected chi connectivity index (χ3v) is 5.76. The normalized spacial score (nSPS) is 12.9. The second-order valence-corrected chi connectivity index (χ2v) is 8.78. The van der Waals surface area contributed by atoms with Gasteiger partial charge in [0.2, 0.25) is 0 Å². The topological polar surface area (TPSA) is 72.8 Å². The molecule has 2 atom stereocenters. The number of unbranched alkanes of at least 4 members (excludes halogenated alkanes) is 6. The van der Waals surface area contributed by atoms with Crippen LogP contribution in [0.15, 0.2) is 30.3 Å². The lowest BCUT2D eigenvalue weighted by Crippen LogP contribution is -2.16. The average Bonchev–Trinajstić information content (AvgIpc) is 2.76. The van der Waals surface area contributed by atoms with E-state index in [9.17, 15) is 9.59 Å². The fourth-order valence-electron chi connectivity index (χ4n) is 3.97. The summed E-state index contributed by atoms with van der Waals surface area (Å²) in [6.45, 7) is 4.34. The van der Waals surface area contributed by atoms with Crippen LogP contribution < -0.4 is 0 Å². The molecule has 1 aromatic rings. The summed E-state index contributed by atoms with van der Waals surface area (Å²) in [6, 6.07) is 10.4. The Bertz CT molecular complexity index is 601. The molecule has 1 rings (SSSR count). The molecule has 0 aromatic heterocycles. The SMILES string of the molecule is CCCCCC(CCCCCCCC(CCCC(=O)O)OC(C)=O)OCc1ccccc1. The molecule has 0 bridgehead atoms. The van der Waals surface area contributed by atoms with Crippen LogP contribution in [0.5, 0.6) is 0 Å². The molecule has 1 N–H and O–H groups in total. The van der Waals surface area contributed by atoms with Gasteiger partial charge in [-0.05, 0) is 44.1 Å². The number of carbonyl (C=O) groups excluding carboxylic acids is 1. The summed E-state index contributed by atoms with van der Waals surface area (Å²) in [5.41, 5.74) is 1.23. The average molecular weight is 449 g/mol. The van der Waals surface area contributed by atoms with Crippen molar-refractivity contribution < 1.29 is 24.2 Å². The maximum atomic E-state index is 11.3. The van der Waals surface area contributed by atoms with E-state index in [1.54, 1.807) is 0 Å². The van der Waals surface area contributed by atoms with Crippen molar-refractivity contribution in [3.05, 3.63) is 35.9 Å². The van der Waals surface area contributed by atoms with E-state index in [0.717, 1.165) is 32.1 Å². The van der Waals surface area contributed by atoms with Crippen LogP contribution >= 0.6 is 0 Å². The van der Waals surface area contributed by atoms with Crippen LogP contribution in [0.3, 0.4) is 0 Å². The predicted octanol–water partition coefficient (Wildman–Crippen LogP) is 7.07. The summed E-state index contributed by atoms with van der Waals surface area (Å²) in [7, 11) is 0. The Morgan fingerprint density at radius 3 is 1.97 bits per heavy atom. The monoisotopic (exact) mass is 448 g/mol. The van der Waals surface area contributed by atoms with Gasteiger partial charge in [-0.3, -0.25) is 9.59 Å². The van der Waals surface area contributed by atoms with Crippen molar-refractivity contribution in [1.29, 1.82) is 0 Å². The number of carboxylic acids is 1. The van der Waals surface area contributed by atoms with Crippen LogP contribution in [0.4, 0.5) is 0 Å². The molecular weight excluding hydrogens is 404 g/mol. The zero-order chi connectivity index (χ0) is 23.4. The second-order valence-electron chi connectivity index (χ2n) is 8.78. The highest BCUT2D eigenvalue weighted by Crippen LogP contribution is 2.19. The minimum Gasteiger partial charge on any atom is -0.481 e. The van der Waals surface area contributed by atoms with Crippen LogP contribution in [0.1, 0.15) is 109 Å². The summed E-state index contributed by atoms with van der Waals surface area (Å²) in [6.07, 6.45) is 14.0. The van der Waals surface area contributed by atoms with E-state index < -0.39 is 5.97 Å². The molecule has 0 amide bonds. The van der Waals surface area contributed by atoms with Crippen molar-refractivity contribution in [2.24, 2.45) is 0 Å². The highest BCUT2D eigenvalue weighted by molar-refractivity contribution is 5.67. The van der Waals surface area contributed by atoms with Crippen molar-refractivity contribution >= 4 is 11.9 Å². The lowest BCUT2D eigenvalue weighted by atomic mass is 10.0. The first-order valence-electron chi connectivity index (χ1n) is 12.6. The van der Waals surface area contributed by atoms with Gasteiger partial charge >= 0.3 is 11.9 Å². The smallest absolute Gasteiger partial charge is 0.303 e. The molecule has 0 radical (unpaired) electrons. The highest BCUT2D eigenvalue weighted by Gasteiger charge is 2.13. The molecular formula is C27H44O5. The summed E-state index contributed by atoms with van der Waals surface area (Å²) < 4.78 is 11.6. The number of hydrogen-bond donors (Lipinski definition) is 1. The molecule has 0 aliphatic heterocycles. The van der Waals surface area contributed by atoms with Gasteiger partial charge in [0, 0.05) is 13.3 Å². The van der Waals surface area contributed by atoms with Gasteiger partial charge in [0.1, 0.15) is 6.10 Å². The number of aliphatic carboxylic acids is 1. The van der Waals surface area contributed by atoms with Gasteiger partial charge in [-0.25, -0.2) is 0 Å². The maximum absolute atomic E-state index is 11.3. The quantitative estimate of drug-likeness (QED) is 0.171. The summed E-state index contributed by atoms with van der Waals surface area (Å²) in [4.78, 5) is 22.0. The van der Waals surface area contributed by atoms with Gasteiger partial charge in [-0.15, -0.1) is 0 Å². The van der Waals surface area contributed by atoms with Gasteiger partial charge in [-0.2, -0.15) is 0 Å². The van der Waals surface area contributed by atoms with E-state index in [1.165, 1.54) is 51.0 Å². The molecule has 2 unspecified atom stereocenters. The van der Waals surface area contributed by atoms with E-state index in [4.69, 9.17) is 14.6 Å². The summed E-state index contributed by atoms with van der Waals surface area (Å²) >= 11 is 0. The molecule has 0 spiro atoms. The van der Waals surface area contributed by atoms with Crippen molar-refractivity contribution in [2.45, 2.75) is 123 Å². The lowest BCUT2D eigenvalue weighted by Gasteiger charge is -2.18. The van der Waals surface area contributed by atoms with Crippen LogP contribution in [0, 0.1) is 0 Å². The predicted molar refractivity (Wildman–Crippen MR) is 129 cm³/mol. The Kier molecular flexibility index (Phi) is 16.4. The van der Waals surface area contributed by atoms with Crippen molar-refractivity contribution in [2.75, 3.05) is 0 Å². The lowest BCUT2D eigenvalue weighted by molar-refractivity contribution is -0.147. The number of benzene rings is 1. The molecule has 5 heteroatoms. The first-order valence-corrected chi connectivity index (χ1v) is 12.6. The third kappa shape index (κ3) is 15.9. The van der Waals surface area contributed by atoms with Crippen LogP contribution in [-0.2, 0) is 25.7 Å². The van der Waals surface area contributed by atoms with E-state index in [1.807, 2.05) is 6.07 Å². The summed E-state index contributed by atoms with van der Waals surface area (Å²) in [5, 5.41) is 8.78. The Balaban J connectivity index is 2.22. The number of carbonyl (C=O) groups is 2. The Morgan fingerprint density at radius 1 is 0.812 bits per heavy atom. The van der Waals surface area contributed by atoms with Crippen molar-refractivity contribution in [1.82, 2.24) is 0 Å². The molecule has 5 nitrogen and oxygen atoms in total. The first-order chi connectivity index (χ1) is 15.5. The zero-order valence-corrected chi connectivity index (χ0v) is 20.2. The minimum absolute atomic E-state index is 0.129. The fraction of sp³-hybridized carbons (Fsp3) is 0.704. The van der Waals surface area contributed by atoms with E-state index >= 15 is 0 Å². The Hall–Kier alpha value is -1.88. The standard InChI is InChI=1S/C27H44O5/c1-3-4-9-17-25(31-22-24-15-10-8-11-16-24)18-12-6-5-7-13-19-26(32-23(2)28)20-14-21-27(29)30/h8,10-11,15-16,25-26H,3-7,9,12-14,17-22H2,1-2H3,(H,29,30). The highest BCUT2D eigenvalue weighted by atomic mass is 16.5. The zero-order valence-electron chi connectivity index (χ0n) is 20.2. The van der Waals surface area contributed by atoms with Crippen molar-refractivity contribution in [3.8, 4) is 0 Å². The first kappa shape index (κ1) is 28.2. The van der Waals surface area contributed by atoms with Crippen molar-refractivity contribution in [3.63, 3.8) is 0 Å². The van der Waals surface area contributed by atoms with Gasteiger partial charge in [0.05, 0.1) is 12.7 Å². The van der Waals surface area contributed by atoms with Gasteiger partial charge in [0.25, 0.3) is 0 Å². The van der Waals surface area contributed by atoms with E-state index in [2.05, 4.69) is 31.2 Å². The van der Waals surface area contributed by atoms with Crippen LogP contribution in [0.2, 0.25) is 0 Å². The fourth-order valence-corrected chi connectivity index (χ4v) is 3.97. The number of hydrogen-bond acceptors (Lipinski definition) is 4. The van der Waals surface area contributed by atoms with Gasteiger partial charge in [-0.1, -0.05) is 82.2 Å². The molecule has 1 aromatic carbocycles. The van der Waals surface area contributed by atoms with E-state index in [-0.39, 0.29) is 18.5 Å². The molecule has 0 aliphatic rings. The van der Waals surface area contributed by atoms with E-state index in [0.29, 0.717) is 25.6 Å². The maximum Gasteiger partial charge on any atom is 0.303 e. The largest absolute Gasteiger partial charge is 0.481 e. The molecule has 0 fully saturated rings. The minimum atomic E-state index is -0.799. The van der Waals surface area contributed by atoms with Gasteiger partial charge < -0.3 is 14.6 Å². The van der Waals surface area contributed by atoms with Crippen LogP contribution in [-0.4, -0.2) is 29.3 Å². The molecule has 0 saturated carbocycles.